The second-order valence-electron chi connectivity index (χ2n) is 5.53. The van der Waals surface area contributed by atoms with Crippen molar-refractivity contribution >= 4 is 38.9 Å². The SMILES string of the molecule is C/C(Br)=C(\C=C\C(=O)C1CCCCC1)c1cccc(Cl)c1. The van der Waals surface area contributed by atoms with Crippen LogP contribution in [-0.4, -0.2) is 5.78 Å². The number of benzene rings is 1. The normalized spacial score (nSPS) is 17.9. The van der Waals surface area contributed by atoms with Gasteiger partial charge >= 0.3 is 0 Å². The molecule has 0 unspecified atom stereocenters. The zero-order valence-corrected chi connectivity index (χ0v) is 14.6. The van der Waals surface area contributed by atoms with Crippen molar-refractivity contribution < 1.29 is 4.79 Å². The topological polar surface area (TPSA) is 17.1 Å². The number of halogens is 2. The summed E-state index contributed by atoms with van der Waals surface area (Å²) in [4.78, 5) is 12.3. The average Bonchev–Trinajstić information content (AvgIpc) is 2.48. The Morgan fingerprint density at radius 1 is 1.24 bits per heavy atom. The summed E-state index contributed by atoms with van der Waals surface area (Å²) in [5.74, 6) is 0.467. The molecule has 2 rings (SSSR count). The Labute approximate surface area is 140 Å². The third-order valence-corrected chi connectivity index (χ3v) is 4.59. The fourth-order valence-corrected chi connectivity index (χ4v) is 3.31. The van der Waals surface area contributed by atoms with Gasteiger partial charge in [-0.3, -0.25) is 4.79 Å². The Balaban J connectivity index is 2.15. The van der Waals surface area contributed by atoms with Crippen molar-refractivity contribution in [3.05, 3.63) is 51.5 Å². The van der Waals surface area contributed by atoms with Gasteiger partial charge in [-0.05, 0) is 53.6 Å². The quantitative estimate of drug-likeness (QED) is 0.459. The number of carbonyl (C=O) groups excluding carboxylic acids is 1. The van der Waals surface area contributed by atoms with Gasteiger partial charge in [0.05, 0.1) is 0 Å². The predicted octanol–water partition coefficient (Wildman–Crippen LogP) is 6.17. The molecule has 0 aliphatic heterocycles. The summed E-state index contributed by atoms with van der Waals surface area (Å²) >= 11 is 9.57. The van der Waals surface area contributed by atoms with E-state index in [2.05, 4.69) is 15.9 Å². The lowest BCUT2D eigenvalue weighted by Gasteiger charge is -2.18. The van der Waals surface area contributed by atoms with Gasteiger partial charge in [0, 0.05) is 10.9 Å². The van der Waals surface area contributed by atoms with Crippen LogP contribution in [0.25, 0.3) is 5.57 Å². The van der Waals surface area contributed by atoms with E-state index in [1.54, 1.807) is 6.08 Å². The van der Waals surface area contributed by atoms with Gasteiger partial charge in [0.1, 0.15) is 0 Å². The maximum Gasteiger partial charge on any atom is 0.158 e. The molecule has 3 heteroatoms. The molecule has 0 bridgehead atoms. The lowest BCUT2D eigenvalue weighted by molar-refractivity contribution is -0.119. The van der Waals surface area contributed by atoms with Gasteiger partial charge in [0.15, 0.2) is 5.78 Å². The van der Waals surface area contributed by atoms with Gasteiger partial charge in [-0.2, -0.15) is 0 Å². The minimum atomic E-state index is 0.214. The third-order valence-electron chi connectivity index (χ3n) is 3.93. The first-order valence-electron chi connectivity index (χ1n) is 7.42. The van der Waals surface area contributed by atoms with E-state index in [0.29, 0.717) is 5.02 Å². The fourth-order valence-electron chi connectivity index (χ4n) is 2.75. The molecule has 0 aromatic heterocycles. The van der Waals surface area contributed by atoms with Crippen LogP contribution in [-0.2, 0) is 4.79 Å². The number of rotatable bonds is 4. The van der Waals surface area contributed by atoms with Crippen LogP contribution < -0.4 is 0 Å². The van der Waals surface area contributed by atoms with Crippen molar-refractivity contribution in [1.29, 1.82) is 0 Å². The highest BCUT2D eigenvalue weighted by Gasteiger charge is 2.18. The van der Waals surface area contributed by atoms with Gasteiger partial charge in [0.2, 0.25) is 0 Å². The monoisotopic (exact) mass is 366 g/mol. The smallest absolute Gasteiger partial charge is 0.158 e. The van der Waals surface area contributed by atoms with E-state index in [0.717, 1.165) is 28.5 Å². The Morgan fingerprint density at radius 3 is 2.57 bits per heavy atom. The standard InChI is InChI=1S/C18H20BrClO/c1-13(19)17(15-8-5-9-16(20)12-15)10-11-18(21)14-6-3-2-4-7-14/h5,8-12,14H,2-4,6-7H2,1H3/b11-10+,17-13-. The summed E-state index contributed by atoms with van der Waals surface area (Å²) in [6, 6.07) is 7.69. The van der Waals surface area contributed by atoms with Crippen LogP contribution >= 0.6 is 27.5 Å². The number of hydrogen-bond donors (Lipinski definition) is 0. The van der Waals surface area contributed by atoms with E-state index in [4.69, 9.17) is 11.6 Å². The molecule has 0 radical (unpaired) electrons. The Kier molecular flexibility index (Phi) is 6.25. The molecule has 1 fully saturated rings. The van der Waals surface area contributed by atoms with Crippen LogP contribution in [0.15, 0.2) is 40.9 Å². The van der Waals surface area contributed by atoms with Gasteiger partial charge in [-0.15, -0.1) is 0 Å². The molecule has 0 saturated heterocycles. The molecule has 0 spiro atoms. The van der Waals surface area contributed by atoms with Crippen LogP contribution in [0.3, 0.4) is 0 Å². The molecule has 0 amide bonds. The predicted molar refractivity (Wildman–Crippen MR) is 93.7 cm³/mol. The van der Waals surface area contributed by atoms with Crippen LogP contribution in [0.5, 0.6) is 0 Å². The summed E-state index contributed by atoms with van der Waals surface area (Å²) in [5, 5.41) is 0.700. The Morgan fingerprint density at radius 2 is 1.95 bits per heavy atom. The number of hydrogen-bond acceptors (Lipinski definition) is 1. The van der Waals surface area contributed by atoms with E-state index in [-0.39, 0.29) is 11.7 Å². The number of carbonyl (C=O) groups is 1. The average molecular weight is 368 g/mol. The summed E-state index contributed by atoms with van der Waals surface area (Å²) in [6.45, 7) is 1.98. The summed E-state index contributed by atoms with van der Waals surface area (Å²) in [5.41, 5.74) is 2.02. The van der Waals surface area contributed by atoms with Crippen molar-refractivity contribution in [2.75, 3.05) is 0 Å². The number of ketones is 1. The van der Waals surface area contributed by atoms with Crippen LogP contribution in [0, 0.1) is 5.92 Å². The minimum absolute atomic E-state index is 0.214. The second kappa shape index (κ2) is 7.95. The fraction of sp³-hybridized carbons (Fsp3) is 0.389. The van der Waals surface area contributed by atoms with Crippen LogP contribution in [0.4, 0.5) is 0 Å². The second-order valence-corrected chi connectivity index (χ2v) is 7.15. The van der Waals surface area contributed by atoms with Gasteiger partial charge in [-0.25, -0.2) is 0 Å². The first-order chi connectivity index (χ1) is 10.1. The van der Waals surface area contributed by atoms with Crippen LogP contribution in [0.2, 0.25) is 5.02 Å². The van der Waals surface area contributed by atoms with Gasteiger partial charge < -0.3 is 0 Å². The highest BCUT2D eigenvalue weighted by Crippen LogP contribution is 2.28. The highest BCUT2D eigenvalue weighted by atomic mass is 79.9. The molecule has 0 N–H and O–H groups in total. The Bertz CT molecular complexity index is 564. The maximum absolute atomic E-state index is 12.3. The zero-order chi connectivity index (χ0) is 15.2. The summed E-state index contributed by atoms with van der Waals surface area (Å²) in [7, 11) is 0. The lowest BCUT2D eigenvalue weighted by atomic mass is 9.86. The molecule has 1 aromatic carbocycles. The molecule has 1 saturated carbocycles. The molecule has 1 nitrogen and oxygen atoms in total. The van der Waals surface area contributed by atoms with E-state index < -0.39 is 0 Å². The third kappa shape index (κ3) is 4.82. The summed E-state index contributed by atoms with van der Waals surface area (Å²) in [6.07, 6.45) is 9.34. The molecule has 1 aliphatic carbocycles. The Hall–Kier alpha value is -0.860. The van der Waals surface area contributed by atoms with E-state index in [1.165, 1.54) is 19.3 Å². The molecule has 112 valence electrons. The molecule has 0 atom stereocenters. The van der Waals surface area contributed by atoms with Gasteiger partial charge in [-0.1, -0.05) is 65.0 Å². The molecular formula is C18H20BrClO. The summed E-state index contributed by atoms with van der Waals surface area (Å²) < 4.78 is 0.998. The number of allylic oxidation sites excluding steroid dienone is 4. The lowest BCUT2D eigenvalue weighted by Crippen LogP contribution is -2.15. The zero-order valence-electron chi connectivity index (χ0n) is 12.2. The molecule has 0 heterocycles. The van der Waals surface area contributed by atoms with Crippen molar-refractivity contribution in [2.24, 2.45) is 5.92 Å². The van der Waals surface area contributed by atoms with Gasteiger partial charge in [0.25, 0.3) is 0 Å². The van der Waals surface area contributed by atoms with Crippen molar-refractivity contribution in [3.8, 4) is 0 Å². The molecule has 1 aliphatic rings. The van der Waals surface area contributed by atoms with E-state index >= 15 is 0 Å². The van der Waals surface area contributed by atoms with E-state index in [9.17, 15) is 4.79 Å². The largest absolute Gasteiger partial charge is 0.295 e. The van der Waals surface area contributed by atoms with Crippen molar-refractivity contribution in [1.82, 2.24) is 0 Å². The molecule has 21 heavy (non-hydrogen) atoms. The van der Waals surface area contributed by atoms with Crippen molar-refractivity contribution in [2.45, 2.75) is 39.0 Å². The minimum Gasteiger partial charge on any atom is -0.295 e. The van der Waals surface area contributed by atoms with Crippen LogP contribution in [0.1, 0.15) is 44.6 Å². The first kappa shape index (κ1) is 16.5. The highest BCUT2D eigenvalue weighted by molar-refractivity contribution is 9.11. The molecule has 1 aromatic rings. The maximum atomic E-state index is 12.3. The first-order valence-corrected chi connectivity index (χ1v) is 8.59. The molecular weight excluding hydrogens is 348 g/mol. The van der Waals surface area contributed by atoms with E-state index in [1.807, 2.05) is 37.3 Å². The van der Waals surface area contributed by atoms with Crippen molar-refractivity contribution in [3.63, 3.8) is 0 Å².